The van der Waals surface area contributed by atoms with Gasteiger partial charge in [-0.2, -0.15) is 5.10 Å². The molecule has 0 spiro atoms. The van der Waals surface area contributed by atoms with Crippen molar-refractivity contribution < 1.29 is 9.59 Å². The van der Waals surface area contributed by atoms with E-state index in [-0.39, 0.29) is 30.9 Å². The second-order valence-electron chi connectivity index (χ2n) is 4.63. The van der Waals surface area contributed by atoms with Gasteiger partial charge in [0.05, 0.1) is 35.5 Å². The minimum absolute atomic E-state index is 0.173. The lowest BCUT2D eigenvalue weighted by molar-refractivity contribution is -0.150. The van der Waals surface area contributed by atoms with Gasteiger partial charge in [0.1, 0.15) is 0 Å². The number of aromatic nitrogens is 2. The highest BCUT2D eigenvalue weighted by Gasteiger charge is 2.33. The highest BCUT2D eigenvalue weighted by atomic mass is 35.5. The summed E-state index contributed by atoms with van der Waals surface area (Å²) >= 11 is 6.15. The maximum Gasteiger partial charge on any atom is 0.246 e. The van der Waals surface area contributed by atoms with Gasteiger partial charge >= 0.3 is 0 Å². The van der Waals surface area contributed by atoms with E-state index in [1.54, 1.807) is 18.7 Å². The van der Waals surface area contributed by atoms with Crippen molar-refractivity contribution in [3.63, 3.8) is 0 Å². The number of piperazine rings is 1. The summed E-state index contributed by atoms with van der Waals surface area (Å²) in [4.78, 5) is 25.3. The third-order valence-electron chi connectivity index (χ3n) is 3.34. The summed E-state index contributed by atoms with van der Waals surface area (Å²) in [6, 6.07) is -0.300. The molecule has 1 aliphatic heterocycles. The van der Waals surface area contributed by atoms with Gasteiger partial charge in [0.2, 0.25) is 11.8 Å². The van der Waals surface area contributed by atoms with Crippen LogP contribution in [0.4, 0.5) is 0 Å². The third-order valence-corrected chi connectivity index (χ3v) is 3.83. The standard InChI is InChI=1S/C12H17ClN4O2/c1-4-8-12(19)17(10(18)5-14-8)6-9-11(13)7(2)15-16(9)3/h8,14H,4-6H2,1-3H3. The first-order chi connectivity index (χ1) is 8.95. The van der Waals surface area contributed by atoms with E-state index in [1.165, 1.54) is 4.90 Å². The molecule has 0 radical (unpaired) electrons. The van der Waals surface area contributed by atoms with Crippen LogP contribution >= 0.6 is 11.6 Å². The lowest BCUT2D eigenvalue weighted by Gasteiger charge is -2.31. The van der Waals surface area contributed by atoms with Crippen LogP contribution in [0, 0.1) is 6.92 Å². The number of carbonyl (C=O) groups is 2. The number of aryl methyl sites for hydroxylation is 2. The van der Waals surface area contributed by atoms with Crippen LogP contribution in [0.3, 0.4) is 0 Å². The SMILES string of the molecule is CCC1NCC(=O)N(Cc2c(Cl)c(C)nn2C)C1=O. The molecule has 2 amide bonds. The number of amides is 2. The smallest absolute Gasteiger partial charge is 0.246 e. The zero-order valence-corrected chi connectivity index (χ0v) is 12.0. The summed E-state index contributed by atoms with van der Waals surface area (Å²) in [7, 11) is 1.75. The zero-order valence-electron chi connectivity index (χ0n) is 11.2. The largest absolute Gasteiger partial charge is 0.297 e. The molecular formula is C12H17ClN4O2. The molecule has 0 saturated carbocycles. The van der Waals surface area contributed by atoms with E-state index in [0.29, 0.717) is 22.8 Å². The monoisotopic (exact) mass is 284 g/mol. The Morgan fingerprint density at radius 3 is 2.68 bits per heavy atom. The summed E-state index contributed by atoms with van der Waals surface area (Å²) in [6.07, 6.45) is 0.654. The van der Waals surface area contributed by atoms with Crippen LogP contribution in [0.5, 0.6) is 0 Å². The topological polar surface area (TPSA) is 67.2 Å². The molecule has 0 bridgehead atoms. The lowest BCUT2D eigenvalue weighted by atomic mass is 10.1. The highest BCUT2D eigenvalue weighted by Crippen LogP contribution is 2.22. The quantitative estimate of drug-likeness (QED) is 0.826. The lowest BCUT2D eigenvalue weighted by Crippen LogP contribution is -2.57. The Morgan fingerprint density at radius 1 is 1.47 bits per heavy atom. The van der Waals surface area contributed by atoms with E-state index in [0.717, 1.165) is 0 Å². The first-order valence-electron chi connectivity index (χ1n) is 6.21. The Balaban J connectivity index is 2.25. The third kappa shape index (κ3) is 2.50. The summed E-state index contributed by atoms with van der Waals surface area (Å²) < 4.78 is 1.61. The predicted octanol–water partition coefficient (Wildman–Crippen LogP) is 0.619. The van der Waals surface area contributed by atoms with Crippen molar-refractivity contribution in [1.29, 1.82) is 0 Å². The van der Waals surface area contributed by atoms with Gasteiger partial charge in [0.25, 0.3) is 0 Å². The summed E-state index contributed by atoms with van der Waals surface area (Å²) in [6.45, 7) is 4.05. The molecule has 1 saturated heterocycles. The molecule has 7 heteroatoms. The summed E-state index contributed by atoms with van der Waals surface area (Å²) in [5.74, 6) is -0.432. The fraction of sp³-hybridized carbons (Fsp3) is 0.583. The number of hydrogen-bond acceptors (Lipinski definition) is 4. The van der Waals surface area contributed by atoms with E-state index >= 15 is 0 Å². The number of rotatable bonds is 3. The fourth-order valence-corrected chi connectivity index (χ4v) is 2.41. The number of nitrogens with zero attached hydrogens (tertiary/aromatic N) is 3. The maximum absolute atomic E-state index is 12.2. The molecule has 104 valence electrons. The van der Waals surface area contributed by atoms with Gasteiger partial charge in [-0.05, 0) is 13.3 Å². The van der Waals surface area contributed by atoms with Gasteiger partial charge in [0, 0.05) is 7.05 Å². The van der Waals surface area contributed by atoms with Crippen molar-refractivity contribution in [3.8, 4) is 0 Å². The molecule has 1 atom stereocenters. The van der Waals surface area contributed by atoms with Gasteiger partial charge in [0.15, 0.2) is 0 Å². The van der Waals surface area contributed by atoms with Crippen molar-refractivity contribution in [3.05, 3.63) is 16.4 Å². The van der Waals surface area contributed by atoms with Gasteiger partial charge < -0.3 is 0 Å². The molecule has 1 unspecified atom stereocenters. The number of hydrogen-bond donors (Lipinski definition) is 1. The predicted molar refractivity (Wildman–Crippen MR) is 70.6 cm³/mol. The highest BCUT2D eigenvalue weighted by molar-refractivity contribution is 6.31. The van der Waals surface area contributed by atoms with E-state index in [9.17, 15) is 9.59 Å². The van der Waals surface area contributed by atoms with Crippen LogP contribution in [0.25, 0.3) is 0 Å². The molecule has 1 fully saturated rings. The van der Waals surface area contributed by atoms with Crippen molar-refractivity contribution in [2.24, 2.45) is 7.05 Å². The number of halogens is 1. The van der Waals surface area contributed by atoms with Crippen LogP contribution in [-0.4, -0.2) is 39.1 Å². The Bertz CT molecular complexity index is 526. The molecule has 1 aromatic heterocycles. The van der Waals surface area contributed by atoms with Crippen LogP contribution in [-0.2, 0) is 23.2 Å². The molecule has 1 N–H and O–H groups in total. The van der Waals surface area contributed by atoms with Crippen LogP contribution < -0.4 is 5.32 Å². The molecule has 0 aliphatic carbocycles. The second kappa shape index (κ2) is 5.30. The Morgan fingerprint density at radius 2 is 2.16 bits per heavy atom. The molecule has 19 heavy (non-hydrogen) atoms. The van der Waals surface area contributed by atoms with Crippen molar-refractivity contribution in [2.75, 3.05) is 6.54 Å². The molecule has 0 aromatic carbocycles. The first kappa shape index (κ1) is 14.0. The van der Waals surface area contributed by atoms with E-state index in [1.807, 2.05) is 6.92 Å². The van der Waals surface area contributed by atoms with E-state index in [4.69, 9.17) is 11.6 Å². The van der Waals surface area contributed by atoms with Crippen LogP contribution in [0.2, 0.25) is 5.02 Å². The summed E-state index contributed by atoms with van der Waals surface area (Å²) in [5.41, 5.74) is 1.37. The van der Waals surface area contributed by atoms with Crippen molar-refractivity contribution in [2.45, 2.75) is 32.9 Å². The average Bonchev–Trinajstić information content (AvgIpc) is 2.60. The molecule has 1 aromatic rings. The van der Waals surface area contributed by atoms with Gasteiger partial charge in [-0.3, -0.25) is 24.5 Å². The fourth-order valence-electron chi connectivity index (χ4n) is 2.19. The molecular weight excluding hydrogens is 268 g/mol. The van der Waals surface area contributed by atoms with E-state index in [2.05, 4.69) is 10.4 Å². The van der Waals surface area contributed by atoms with Gasteiger partial charge in [-0.25, -0.2) is 0 Å². The van der Waals surface area contributed by atoms with Crippen LogP contribution in [0.1, 0.15) is 24.7 Å². The molecule has 2 heterocycles. The van der Waals surface area contributed by atoms with Gasteiger partial charge in [-0.15, -0.1) is 0 Å². The van der Waals surface area contributed by atoms with E-state index < -0.39 is 0 Å². The first-order valence-corrected chi connectivity index (χ1v) is 6.59. The molecule has 6 nitrogen and oxygen atoms in total. The number of imide groups is 1. The normalized spacial score (nSPS) is 20.2. The number of nitrogens with one attached hydrogen (secondary N) is 1. The summed E-state index contributed by atoms with van der Waals surface area (Å²) in [5, 5.41) is 7.62. The minimum Gasteiger partial charge on any atom is -0.297 e. The molecule has 1 aliphatic rings. The Hall–Kier alpha value is -1.40. The van der Waals surface area contributed by atoms with Crippen LogP contribution in [0.15, 0.2) is 0 Å². The van der Waals surface area contributed by atoms with Crippen molar-refractivity contribution >= 4 is 23.4 Å². The number of carbonyl (C=O) groups excluding carboxylic acids is 2. The Labute approximate surface area is 116 Å². The Kier molecular flexibility index (Phi) is 3.91. The minimum atomic E-state index is -0.300. The van der Waals surface area contributed by atoms with Crippen molar-refractivity contribution in [1.82, 2.24) is 20.0 Å². The second-order valence-corrected chi connectivity index (χ2v) is 5.01. The zero-order chi connectivity index (χ0) is 14.2. The molecule has 2 rings (SSSR count). The van der Waals surface area contributed by atoms with Gasteiger partial charge in [-0.1, -0.05) is 18.5 Å². The average molecular weight is 285 g/mol. The maximum atomic E-state index is 12.2.